The topological polar surface area (TPSA) is 97.8 Å². The summed E-state index contributed by atoms with van der Waals surface area (Å²) in [6, 6.07) is 12.8. The number of aliphatic hydroxyl groups is 1. The summed E-state index contributed by atoms with van der Waals surface area (Å²) in [4.78, 5) is 25.9. The zero-order chi connectivity index (χ0) is 30.5. The van der Waals surface area contributed by atoms with Crippen LogP contribution in [-0.2, 0) is 20.9 Å². The van der Waals surface area contributed by atoms with Crippen LogP contribution in [0.4, 0.5) is 22.0 Å². The monoisotopic (exact) mass is 581 g/mol. The number of nitrogens with zero attached hydrogens (tertiary/aromatic N) is 2. The molecule has 0 radical (unpaired) electrons. The first-order valence-electron chi connectivity index (χ1n) is 12.8. The van der Waals surface area contributed by atoms with Crippen LogP contribution < -0.4 is 5.73 Å². The lowest BCUT2D eigenvalue weighted by Crippen LogP contribution is -2.49. The summed E-state index contributed by atoms with van der Waals surface area (Å²) in [6.45, 7) is 5.51. The molecule has 0 saturated carbocycles. The first kappa shape index (κ1) is 31.8. The Hall–Kier alpha value is -3.77. The second kappa shape index (κ2) is 12.8. The van der Waals surface area contributed by atoms with Crippen LogP contribution in [0.5, 0.6) is 0 Å². The second-order valence-corrected chi connectivity index (χ2v) is 10.6. The largest absolute Gasteiger partial charge is 0.491 e. The van der Waals surface area contributed by atoms with Gasteiger partial charge in [-0.3, -0.25) is 4.79 Å². The van der Waals surface area contributed by atoms with Crippen LogP contribution in [0, 0.1) is 17.0 Å². The van der Waals surface area contributed by atoms with Crippen LogP contribution >= 0.6 is 0 Å². The molecule has 0 aliphatic carbocycles. The molecule has 0 bridgehead atoms. The van der Waals surface area contributed by atoms with Crippen molar-refractivity contribution in [2.75, 3.05) is 13.1 Å². The number of halogens is 5. The van der Waals surface area contributed by atoms with Gasteiger partial charge in [0.2, 0.25) is 0 Å². The van der Waals surface area contributed by atoms with Crippen molar-refractivity contribution < 1.29 is 41.4 Å². The van der Waals surface area contributed by atoms with Gasteiger partial charge >= 0.3 is 12.1 Å². The summed E-state index contributed by atoms with van der Waals surface area (Å²) in [5.41, 5.74) is 6.34. The molecule has 0 aliphatic heterocycles. The van der Waals surface area contributed by atoms with E-state index >= 15 is 0 Å². The zero-order valence-electron chi connectivity index (χ0n) is 22.8. The smallest absolute Gasteiger partial charge is 0.419 e. The molecule has 3 N–H and O–H groups in total. The number of aliphatic hydroxyl groups excluding tert-OH is 1. The molecule has 0 fully saturated rings. The number of carbonyl (C=O) groups is 2. The number of ether oxygens (including phenoxy) is 1. The third-order valence-electron chi connectivity index (χ3n) is 6.32. The number of aromatic nitrogens is 1. The molecule has 12 heteroatoms. The highest BCUT2D eigenvalue weighted by Crippen LogP contribution is 2.41. The summed E-state index contributed by atoms with van der Waals surface area (Å²) < 4.78 is 73.0. The molecule has 1 unspecified atom stereocenters. The SMILES string of the molecule is CC(C)(C)[C@H](c1cc(-c2cc(F)ccc2F)cn1Cc1ccccc1)N(CCCN)C(=O)C(O)OC(=O)C(F)(F)F. The summed E-state index contributed by atoms with van der Waals surface area (Å²) in [6.07, 6.45) is -6.39. The van der Waals surface area contributed by atoms with Crippen molar-refractivity contribution in [3.63, 3.8) is 0 Å². The van der Waals surface area contributed by atoms with E-state index in [1.807, 2.05) is 30.3 Å². The van der Waals surface area contributed by atoms with Crippen LogP contribution in [-0.4, -0.2) is 52.0 Å². The molecule has 3 aromatic rings. The fraction of sp³-hybridized carbons (Fsp3) is 0.379. The standard InChI is InChI=1S/C29H32F5N3O4/c1-28(2,3)24(37(13-7-12-35)25(38)26(39)41-27(40)29(32,33)34)23-14-19(21-15-20(30)10-11-22(21)31)17-36(23)16-18-8-5-4-6-9-18/h4-6,8-11,14-15,17,24,26,39H,7,12-13,16,35H2,1-3H3/t24-,26?/m0/s1. The summed E-state index contributed by atoms with van der Waals surface area (Å²) in [7, 11) is 0. The molecule has 2 atom stereocenters. The quantitative estimate of drug-likeness (QED) is 0.196. The average Bonchev–Trinajstić information content (AvgIpc) is 3.29. The van der Waals surface area contributed by atoms with Gasteiger partial charge in [0.15, 0.2) is 0 Å². The highest BCUT2D eigenvalue weighted by molar-refractivity contribution is 5.84. The van der Waals surface area contributed by atoms with Crippen LogP contribution in [0.1, 0.15) is 44.5 Å². The first-order valence-corrected chi connectivity index (χ1v) is 12.8. The Morgan fingerprint density at radius 3 is 2.29 bits per heavy atom. The van der Waals surface area contributed by atoms with Gasteiger partial charge in [0.1, 0.15) is 11.6 Å². The maximum atomic E-state index is 14.8. The molecule has 3 rings (SSSR count). The Bertz CT molecular complexity index is 1350. The lowest BCUT2D eigenvalue weighted by molar-refractivity contribution is -0.222. The normalized spacial score (nSPS) is 13.5. The van der Waals surface area contributed by atoms with Crippen LogP contribution in [0.25, 0.3) is 11.1 Å². The molecule has 2 aromatic carbocycles. The number of nitrogens with two attached hydrogens (primary N) is 1. The Balaban J connectivity index is 2.18. The van der Waals surface area contributed by atoms with Gasteiger partial charge in [-0.05, 0) is 48.2 Å². The summed E-state index contributed by atoms with van der Waals surface area (Å²) in [5, 5.41) is 10.3. The average molecular weight is 582 g/mol. The number of rotatable bonds is 10. The van der Waals surface area contributed by atoms with Gasteiger partial charge in [0.25, 0.3) is 12.2 Å². The van der Waals surface area contributed by atoms with E-state index in [9.17, 15) is 36.6 Å². The Kier molecular flexibility index (Phi) is 9.93. The number of hydrogen-bond donors (Lipinski definition) is 2. The maximum absolute atomic E-state index is 14.8. The van der Waals surface area contributed by atoms with Gasteiger partial charge in [-0.25, -0.2) is 13.6 Å². The minimum absolute atomic E-state index is 0.0373. The Morgan fingerprint density at radius 2 is 1.71 bits per heavy atom. The Morgan fingerprint density at radius 1 is 1.05 bits per heavy atom. The fourth-order valence-electron chi connectivity index (χ4n) is 4.60. The van der Waals surface area contributed by atoms with Crippen molar-refractivity contribution in [3.8, 4) is 11.1 Å². The van der Waals surface area contributed by atoms with Crippen LogP contribution in [0.15, 0.2) is 60.8 Å². The van der Waals surface area contributed by atoms with Crippen LogP contribution in [0.2, 0.25) is 0 Å². The van der Waals surface area contributed by atoms with E-state index in [0.29, 0.717) is 5.69 Å². The molecule has 7 nitrogen and oxygen atoms in total. The van der Waals surface area contributed by atoms with E-state index in [4.69, 9.17) is 5.73 Å². The summed E-state index contributed by atoms with van der Waals surface area (Å²) >= 11 is 0. The van der Waals surface area contributed by atoms with Gasteiger partial charge in [-0.15, -0.1) is 0 Å². The van der Waals surface area contributed by atoms with E-state index in [1.165, 1.54) is 0 Å². The number of amides is 1. The first-order chi connectivity index (χ1) is 19.1. The molecule has 222 valence electrons. The van der Waals surface area contributed by atoms with E-state index in [-0.39, 0.29) is 37.2 Å². The zero-order valence-corrected chi connectivity index (χ0v) is 22.8. The lowest BCUT2D eigenvalue weighted by atomic mass is 9.82. The molecule has 41 heavy (non-hydrogen) atoms. The molecule has 1 amide bonds. The van der Waals surface area contributed by atoms with E-state index in [2.05, 4.69) is 4.74 Å². The molecular weight excluding hydrogens is 549 g/mol. The van der Waals surface area contributed by atoms with Crippen molar-refractivity contribution in [3.05, 3.63) is 83.7 Å². The van der Waals surface area contributed by atoms with E-state index in [0.717, 1.165) is 28.7 Å². The van der Waals surface area contributed by atoms with E-state index in [1.54, 1.807) is 37.6 Å². The minimum atomic E-state index is -5.43. The molecule has 0 saturated heterocycles. The van der Waals surface area contributed by atoms with Gasteiger partial charge in [0.05, 0.1) is 6.04 Å². The molecule has 0 spiro atoms. The van der Waals surface area contributed by atoms with Crippen molar-refractivity contribution in [2.45, 2.75) is 52.2 Å². The number of esters is 1. The maximum Gasteiger partial charge on any atom is 0.491 e. The number of alkyl halides is 3. The highest BCUT2D eigenvalue weighted by Gasteiger charge is 2.45. The van der Waals surface area contributed by atoms with Gasteiger partial charge in [-0.1, -0.05) is 51.1 Å². The van der Waals surface area contributed by atoms with Crippen molar-refractivity contribution >= 4 is 11.9 Å². The van der Waals surface area contributed by atoms with Gasteiger partial charge in [0, 0.05) is 36.1 Å². The second-order valence-electron chi connectivity index (χ2n) is 10.6. The number of hydrogen-bond acceptors (Lipinski definition) is 5. The van der Waals surface area contributed by atoms with Gasteiger partial charge in [-0.2, -0.15) is 13.2 Å². The molecule has 1 heterocycles. The van der Waals surface area contributed by atoms with Gasteiger partial charge < -0.3 is 25.0 Å². The summed E-state index contributed by atoms with van der Waals surface area (Å²) in [5.74, 6) is -5.36. The third kappa shape index (κ3) is 7.92. The number of carbonyl (C=O) groups excluding carboxylic acids is 2. The van der Waals surface area contributed by atoms with Crippen molar-refractivity contribution in [2.24, 2.45) is 11.1 Å². The van der Waals surface area contributed by atoms with E-state index < -0.39 is 47.4 Å². The lowest BCUT2D eigenvalue weighted by Gasteiger charge is -2.41. The molecule has 0 aliphatic rings. The fourth-order valence-corrected chi connectivity index (χ4v) is 4.60. The van der Waals surface area contributed by atoms with Crippen LogP contribution in [0.3, 0.4) is 0 Å². The van der Waals surface area contributed by atoms with Crippen molar-refractivity contribution in [1.82, 2.24) is 9.47 Å². The molecule has 1 aromatic heterocycles. The predicted molar refractivity (Wildman–Crippen MR) is 141 cm³/mol. The number of benzene rings is 2. The Labute approximate surface area is 234 Å². The van der Waals surface area contributed by atoms with Crippen molar-refractivity contribution in [1.29, 1.82) is 0 Å². The minimum Gasteiger partial charge on any atom is -0.419 e. The molecular formula is C29H32F5N3O4. The highest BCUT2D eigenvalue weighted by atomic mass is 19.4. The third-order valence-corrected chi connectivity index (χ3v) is 6.32. The predicted octanol–water partition coefficient (Wildman–Crippen LogP) is 5.17.